The molecule has 106 valence electrons. The molecule has 7 heteroatoms. The first-order valence-corrected chi connectivity index (χ1v) is 5.81. The van der Waals surface area contributed by atoms with E-state index in [4.69, 9.17) is 0 Å². The molecule has 0 aliphatic heterocycles. The lowest BCUT2D eigenvalue weighted by atomic mass is 10.1. The number of aromatic nitrogens is 2. The number of hydrogen-bond donors (Lipinski definition) is 0. The highest BCUT2D eigenvalue weighted by atomic mass is 19.4. The fourth-order valence-electron chi connectivity index (χ4n) is 1.68. The number of benzene rings is 1. The molecule has 0 N–H and O–H groups in total. The lowest BCUT2D eigenvalue weighted by Crippen LogP contribution is -2.24. The minimum Gasteiger partial charge on any atom is -0.339 e. The van der Waals surface area contributed by atoms with E-state index in [-0.39, 0.29) is 11.7 Å². The number of carbonyl (C=O) groups is 1. The molecule has 0 amide bonds. The van der Waals surface area contributed by atoms with Gasteiger partial charge in [-0.2, -0.15) is 18.2 Å². The van der Waals surface area contributed by atoms with Crippen LogP contribution in [0, 0.1) is 6.92 Å². The van der Waals surface area contributed by atoms with Gasteiger partial charge in [-0.3, -0.25) is 4.79 Å². The van der Waals surface area contributed by atoms with Crippen molar-refractivity contribution in [3.8, 4) is 0 Å². The SMILES string of the molecule is Cc1cccc(Cc2noc(CC(=O)C(F)(F)F)n2)c1. The van der Waals surface area contributed by atoms with Crippen molar-refractivity contribution < 1.29 is 22.5 Å². The van der Waals surface area contributed by atoms with Crippen molar-refractivity contribution in [2.24, 2.45) is 0 Å². The number of Topliss-reactive ketones (excluding diaryl/α,β-unsaturated/α-hetero) is 1. The van der Waals surface area contributed by atoms with Gasteiger partial charge in [-0.15, -0.1) is 0 Å². The van der Waals surface area contributed by atoms with Gasteiger partial charge in [0.1, 0.15) is 0 Å². The fraction of sp³-hybridized carbons (Fsp3) is 0.308. The van der Waals surface area contributed by atoms with Gasteiger partial charge in [0.15, 0.2) is 5.82 Å². The summed E-state index contributed by atoms with van der Waals surface area (Å²) in [5, 5.41) is 3.57. The van der Waals surface area contributed by atoms with Gasteiger partial charge < -0.3 is 4.52 Å². The van der Waals surface area contributed by atoms with E-state index in [1.807, 2.05) is 31.2 Å². The summed E-state index contributed by atoms with van der Waals surface area (Å²) in [6, 6.07) is 7.55. The summed E-state index contributed by atoms with van der Waals surface area (Å²) in [6.07, 6.45) is -5.47. The number of ketones is 1. The maximum absolute atomic E-state index is 12.1. The molecule has 0 unspecified atom stereocenters. The summed E-state index contributed by atoms with van der Waals surface area (Å²) in [5.41, 5.74) is 1.97. The maximum Gasteiger partial charge on any atom is 0.450 e. The van der Waals surface area contributed by atoms with Crippen molar-refractivity contribution in [3.05, 3.63) is 47.1 Å². The molecule has 0 saturated carbocycles. The van der Waals surface area contributed by atoms with Gasteiger partial charge in [0.05, 0.1) is 6.42 Å². The number of nitrogens with zero attached hydrogens (tertiary/aromatic N) is 2. The molecule has 1 heterocycles. The van der Waals surface area contributed by atoms with E-state index in [1.165, 1.54) is 0 Å². The largest absolute Gasteiger partial charge is 0.450 e. The van der Waals surface area contributed by atoms with Crippen LogP contribution in [0.4, 0.5) is 13.2 Å². The zero-order chi connectivity index (χ0) is 14.8. The van der Waals surface area contributed by atoms with Crippen LogP contribution in [0.1, 0.15) is 22.8 Å². The van der Waals surface area contributed by atoms with Crippen LogP contribution < -0.4 is 0 Å². The van der Waals surface area contributed by atoms with Gasteiger partial charge in [-0.25, -0.2) is 0 Å². The Kier molecular flexibility index (Phi) is 3.87. The molecule has 4 nitrogen and oxygen atoms in total. The number of rotatable bonds is 4. The van der Waals surface area contributed by atoms with Crippen LogP contribution in [0.3, 0.4) is 0 Å². The second kappa shape index (κ2) is 5.44. The Balaban J connectivity index is 2.04. The third-order valence-electron chi connectivity index (χ3n) is 2.58. The second-order valence-electron chi connectivity index (χ2n) is 4.37. The Morgan fingerprint density at radius 3 is 2.75 bits per heavy atom. The summed E-state index contributed by atoms with van der Waals surface area (Å²) in [6.45, 7) is 1.92. The maximum atomic E-state index is 12.1. The molecular formula is C13H11F3N2O2. The highest BCUT2D eigenvalue weighted by Crippen LogP contribution is 2.18. The van der Waals surface area contributed by atoms with Crippen LogP contribution in [0.5, 0.6) is 0 Å². The first-order chi connectivity index (χ1) is 9.34. The average molecular weight is 284 g/mol. The van der Waals surface area contributed by atoms with Crippen molar-refractivity contribution in [1.82, 2.24) is 10.1 Å². The predicted octanol–water partition coefficient (Wildman–Crippen LogP) is 2.64. The molecule has 0 fully saturated rings. The fourth-order valence-corrected chi connectivity index (χ4v) is 1.68. The third kappa shape index (κ3) is 3.66. The van der Waals surface area contributed by atoms with Crippen LogP contribution in [0.2, 0.25) is 0 Å². The first kappa shape index (κ1) is 14.2. The summed E-state index contributed by atoms with van der Waals surface area (Å²) in [5.74, 6) is -1.97. The van der Waals surface area contributed by atoms with Crippen molar-refractivity contribution in [2.45, 2.75) is 25.9 Å². The molecule has 2 aromatic rings. The first-order valence-electron chi connectivity index (χ1n) is 5.81. The zero-order valence-corrected chi connectivity index (χ0v) is 10.6. The van der Waals surface area contributed by atoms with Gasteiger partial charge in [0.25, 0.3) is 0 Å². The van der Waals surface area contributed by atoms with E-state index < -0.39 is 18.4 Å². The number of halogens is 3. The topological polar surface area (TPSA) is 56.0 Å². The summed E-state index contributed by atoms with van der Waals surface area (Å²) < 4.78 is 40.9. The molecule has 0 radical (unpaired) electrons. The smallest absolute Gasteiger partial charge is 0.339 e. The molecule has 0 saturated heterocycles. The Labute approximate surface area is 112 Å². The van der Waals surface area contributed by atoms with Gasteiger partial charge in [-0.1, -0.05) is 35.0 Å². The van der Waals surface area contributed by atoms with E-state index in [0.29, 0.717) is 6.42 Å². The van der Waals surface area contributed by atoms with Gasteiger partial charge in [0, 0.05) is 6.42 Å². The Morgan fingerprint density at radius 1 is 1.35 bits per heavy atom. The lowest BCUT2D eigenvalue weighted by Gasteiger charge is -2.01. The minimum absolute atomic E-state index is 0.251. The van der Waals surface area contributed by atoms with Crippen molar-refractivity contribution in [1.29, 1.82) is 0 Å². The predicted molar refractivity (Wildman–Crippen MR) is 63.0 cm³/mol. The summed E-state index contributed by atoms with van der Waals surface area (Å²) in [7, 11) is 0. The van der Waals surface area contributed by atoms with Crippen LogP contribution >= 0.6 is 0 Å². The molecule has 1 aromatic heterocycles. The third-order valence-corrected chi connectivity index (χ3v) is 2.58. The lowest BCUT2D eigenvalue weighted by molar-refractivity contribution is -0.170. The summed E-state index contributed by atoms with van der Waals surface area (Å²) >= 11 is 0. The second-order valence-corrected chi connectivity index (χ2v) is 4.37. The number of carbonyl (C=O) groups excluding carboxylic acids is 1. The molecule has 2 rings (SSSR count). The molecule has 0 aliphatic rings. The number of aryl methyl sites for hydroxylation is 1. The van der Waals surface area contributed by atoms with Gasteiger partial charge in [-0.05, 0) is 12.5 Å². The number of alkyl halides is 3. The van der Waals surface area contributed by atoms with Crippen LogP contribution in [0.25, 0.3) is 0 Å². The monoisotopic (exact) mass is 284 g/mol. The van der Waals surface area contributed by atoms with Gasteiger partial charge >= 0.3 is 6.18 Å². The molecule has 0 aliphatic carbocycles. The molecule has 0 bridgehead atoms. The van der Waals surface area contributed by atoms with E-state index >= 15 is 0 Å². The van der Waals surface area contributed by atoms with E-state index in [2.05, 4.69) is 14.7 Å². The van der Waals surface area contributed by atoms with Gasteiger partial charge in [0.2, 0.25) is 11.7 Å². The Hall–Kier alpha value is -2.18. The van der Waals surface area contributed by atoms with Crippen molar-refractivity contribution >= 4 is 5.78 Å². The van der Waals surface area contributed by atoms with E-state index in [9.17, 15) is 18.0 Å². The number of hydrogen-bond acceptors (Lipinski definition) is 4. The van der Waals surface area contributed by atoms with Crippen LogP contribution in [-0.4, -0.2) is 22.1 Å². The van der Waals surface area contributed by atoms with E-state index in [0.717, 1.165) is 11.1 Å². The van der Waals surface area contributed by atoms with Crippen LogP contribution in [0.15, 0.2) is 28.8 Å². The molecule has 0 atom stereocenters. The molecule has 0 spiro atoms. The molecule has 1 aromatic carbocycles. The van der Waals surface area contributed by atoms with Crippen LogP contribution in [-0.2, 0) is 17.6 Å². The minimum atomic E-state index is -4.88. The molecular weight excluding hydrogens is 273 g/mol. The zero-order valence-electron chi connectivity index (χ0n) is 10.6. The highest BCUT2D eigenvalue weighted by molar-refractivity contribution is 5.85. The molecule has 20 heavy (non-hydrogen) atoms. The quantitative estimate of drug-likeness (QED) is 0.866. The standard InChI is InChI=1S/C13H11F3N2O2/c1-8-3-2-4-9(5-8)6-11-17-12(20-18-11)7-10(19)13(14,15)16/h2-5H,6-7H2,1H3. The Morgan fingerprint density at radius 2 is 2.10 bits per heavy atom. The highest BCUT2D eigenvalue weighted by Gasteiger charge is 2.39. The average Bonchev–Trinajstić information content (AvgIpc) is 2.75. The van der Waals surface area contributed by atoms with E-state index in [1.54, 1.807) is 0 Å². The summed E-state index contributed by atoms with van der Waals surface area (Å²) in [4.78, 5) is 14.6. The van der Waals surface area contributed by atoms with Crippen molar-refractivity contribution in [2.75, 3.05) is 0 Å². The van der Waals surface area contributed by atoms with Crippen molar-refractivity contribution in [3.63, 3.8) is 0 Å². The normalized spacial score (nSPS) is 11.6. The Bertz CT molecular complexity index is 620.